The Morgan fingerprint density at radius 3 is 2.80 bits per heavy atom. The fourth-order valence-corrected chi connectivity index (χ4v) is 2.80. The minimum absolute atomic E-state index is 0.0783. The van der Waals surface area contributed by atoms with Crippen LogP contribution in [0.3, 0.4) is 0 Å². The first-order valence-electron chi connectivity index (χ1n) is 6.26. The topological polar surface area (TPSA) is 69.9 Å². The molecule has 0 fully saturated rings. The molecule has 1 aliphatic carbocycles. The van der Waals surface area contributed by atoms with E-state index in [9.17, 15) is 15.0 Å². The van der Waals surface area contributed by atoms with Crippen LogP contribution in [0.1, 0.15) is 24.0 Å². The van der Waals surface area contributed by atoms with Crippen LogP contribution in [-0.2, 0) is 4.79 Å². The molecule has 1 atom stereocenters. The average molecular weight is 267 g/mol. The van der Waals surface area contributed by atoms with E-state index in [0.29, 0.717) is 17.7 Å². The number of aliphatic imine (C=N–C) groups is 1. The van der Waals surface area contributed by atoms with E-state index in [4.69, 9.17) is 0 Å². The number of phenols is 1. The molecule has 2 N–H and O–H groups in total. The van der Waals surface area contributed by atoms with Gasteiger partial charge in [0.2, 0.25) is 6.41 Å². The lowest BCUT2D eigenvalue weighted by Crippen LogP contribution is -2.15. The third kappa shape index (κ3) is 1.69. The van der Waals surface area contributed by atoms with Gasteiger partial charge in [-0.3, -0.25) is 4.79 Å². The average Bonchev–Trinajstić information content (AvgIpc) is 2.43. The number of carbonyl (C=O) groups excluding carboxylic acids is 1. The summed E-state index contributed by atoms with van der Waals surface area (Å²) in [5.74, 6) is -0.243. The second-order valence-electron chi connectivity index (χ2n) is 4.82. The molecule has 0 radical (unpaired) electrons. The van der Waals surface area contributed by atoms with Crippen molar-refractivity contribution in [2.75, 3.05) is 0 Å². The molecule has 0 aromatic heterocycles. The molecular weight excluding hydrogens is 254 g/mol. The maximum absolute atomic E-state index is 10.6. The van der Waals surface area contributed by atoms with Crippen LogP contribution in [0.25, 0.3) is 16.8 Å². The van der Waals surface area contributed by atoms with E-state index in [-0.39, 0.29) is 11.5 Å². The first kappa shape index (κ1) is 12.4. The molecule has 0 heterocycles. The molecule has 0 bridgehead atoms. The van der Waals surface area contributed by atoms with E-state index < -0.39 is 5.92 Å². The third-order valence-corrected chi connectivity index (χ3v) is 3.67. The first-order valence-corrected chi connectivity index (χ1v) is 6.26. The number of allylic oxidation sites excluding steroid dienone is 1. The van der Waals surface area contributed by atoms with Crippen molar-refractivity contribution < 1.29 is 15.0 Å². The largest absolute Gasteiger partial charge is 0.511 e. The van der Waals surface area contributed by atoms with Gasteiger partial charge in [-0.2, -0.15) is 0 Å². The SMILES string of the molecule is CC(=NC=O)C1C(O)=Cc2c(O)ccc3cccc1c23. The van der Waals surface area contributed by atoms with Crippen molar-refractivity contribution in [3.8, 4) is 5.75 Å². The monoisotopic (exact) mass is 267 g/mol. The summed E-state index contributed by atoms with van der Waals surface area (Å²) >= 11 is 0. The van der Waals surface area contributed by atoms with Gasteiger partial charge < -0.3 is 10.2 Å². The van der Waals surface area contributed by atoms with Gasteiger partial charge in [0.25, 0.3) is 0 Å². The summed E-state index contributed by atoms with van der Waals surface area (Å²) in [7, 11) is 0. The molecule has 3 rings (SSSR count). The van der Waals surface area contributed by atoms with Gasteiger partial charge in [-0.05, 0) is 35.4 Å². The molecule has 1 amide bonds. The Labute approximate surface area is 115 Å². The number of aliphatic hydroxyl groups excluding tert-OH is 1. The van der Waals surface area contributed by atoms with E-state index in [2.05, 4.69) is 4.99 Å². The molecule has 20 heavy (non-hydrogen) atoms. The number of aromatic hydroxyl groups is 1. The number of phenolic OH excluding ortho intramolecular Hbond substituents is 1. The molecule has 4 heteroatoms. The van der Waals surface area contributed by atoms with Crippen molar-refractivity contribution in [2.45, 2.75) is 12.8 Å². The van der Waals surface area contributed by atoms with Crippen molar-refractivity contribution in [2.24, 2.45) is 4.99 Å². The Hall–Kier alpha value is -2.62. The number of nitrogens with zero attached hydrogens (tertiary/aromatic N) is 1. The molecular formula is C16H13NO3. The van der Waals surface area contributed by atoms with E-state index in [0.717, 1.165) is 16.3 Å². The van der Waals surface area contributed by atoms with Crippen molar-refractivity contribution in [3.63, 3.8) is 0 Å². The lowest BCUT2D eigenvalue weighted by Gasteiger charge is -2.24. The van der Waals surface area contributed by atoms with Gasteiger partial charge in [-0.1, -0.05) is 24.3 Å². The quantitative estimate of drug-likeness (QED) is 0.648. The number of amides is 1. The molecule has 100 valence electrons. The van der Waals surface area contributed by atoms with Crippen LogP contribution in [0.5, 0.6) is 5.75 Å². The highest BCUT2D eigenvalue weighted by molar-refractivity contribution is 6.05. The highest BCUT2D eigenvalue weighted by Crippen LogP contribution is 2.41. The number of hydrogen-bond acceptors (Lipinski definition) is 3. The second kappa shape index (κ2) is 4.49. The predicted molar refractivity (Wildman–Crippen MR) is 78.1 cm³/mol. The Morgan fingerprint density at radius 2 is 2.05 bits per heavy atom. The van der Waals surface area contributed by atoms with Crippen LogP contribution in [0.4, 0.5) is 0 Å². The van der Waals surface area contributed by atoms with E-state index in [1.54, 1.807) is 19.1 Å². The molecule has 0 aliphatic heterocycles. The standard InChI is InChI=1S/C16H13NO3/c1-9(17-8-18)15-11-4-2-3-10-5-6-13(19)12(16(10)11)7-14(15)20/h2-8,15,19-20H,1H3. The van der Waals surface area contributed by atoms with Crippen LogP contribution in [0, 0.1) is 0 Å². The van der Waals surface area contributed by atoms with Gasteiger partial charge in [0.1, 0.15) is 11.5 Å². The maximum Gasteiger partial charge on any atom is 0.232 e. The smallest absolute Gasteiger partial charge is 0.232 e. The summed E-state index contributed by atoms with van der Waals surface area (Å²) < 4.78 is 0. The van der Waals surface area contributed by atoms with Gasteiger partial charge in [-0.15, -0.1) is 0 Å². The number of aliphatic hydroxyl groups is 1. The van der Waals surface area contributed by atoms with Gasteiger partial charge in [0, 0.05) is 11.3 Å². The summed E-state index contributed by atoms with van der Waals surface area (Å²) in [6, 6.07) is 9.15. The lowest BCUT2D eigenvalue weighted by molar-refractivity contribution is -0.106. The molecule has 1 aliphatic rings. The van der Waals surface area contributed by atoms with Crippen molar-refractivity contribution in [1.82, 2.24) is 0 Å². The highest BCUT2D eigenvalue weighted by Gasteiger charge is 2.27. The lowest BCUT2D eigenvalue weighted by atomic mass is 9.82. The molecule has 0 spiro atoms. The van der Waals surface area contributed by atoms with Gasteiger partial charge in [0.15, 0.2) is 0 Å². The first-order chi connectivity index (χ1) is 9.63. The number of benzene rings is 2. The minimum Gasteiger partial charge on any atom is -0.511 e. The number of hydrogen-bond donors (Lipinski definition) is 2. The van der Waals surface area contributed by atoms with E-state index >= 15 is 0 Å². The van der Waals surface area contributed by atoms with Gasteiger partial charge >= 0.3 is 0 Å². The molecule has 0 saturated heterocycles. The number of carbonyl (C=O) groups is 1. The van der Waals surface area contributed by atoms with Crippen LogP contribution >= 0.6 is 0 Å². The van der Waals surface area contributed by atoms with Crippen LogP contribution in [0.2, 0.25) is 0 Å². The molecule has 4 nitrogen and oxygen atoms in total. The predicted octanol–water partition coefficient (Wildman–Crippen LogP) is 3.16. The zero-order valence-corrected chi connectivity index (χ0v) is 10.9. The Kier molecular flexibility index (Phi) is 2.79. The zero-order valence-electron chi connectivity index (χ0n) is 10.9. The summed E-state index contributed by atoms with van der Waals surface area (Å²) in [5, 5.41) is 22.1. The summed E-state index contributed by atoms with van der Waals surface area (Å²) in [5.41, 5.74) is 1.97. The van der Waals surface area contributed by atoms with Crippen molar-refractivity contribution >= 4 is 29.0 Å². The van der Waals surface area contributed by atoms with E-state index in [1.807, 2.05) is 24.3 Å². The normalized spacial score (nSPS) is 17.9. The van der Waals surface area contributed by atoms with Gasteiger partial charge in [-0.25, -0.2) is 4.99 Å². The summed E-state index contributed by atoms with van der Waals surface area (Å²) in [6.07, 6.45) is 2.01. The Balaban J connectivity index is 2.37. The Morgan fingerprint density at radius 1 is 1.25 bits per heavy atom. The zero-order chi connectivity index (χ0) is 14.3. The molecule has 0 saturated carbocycles. The van der Waals surface area contributed by atoms with Crippen LogP contribution in [-0.4, -0.2) is 22.3 Å². The fourth-order valence-electron chi connectivity index (χ4n) is 2.80. The summed E-state index contributed by atoms with van der Waals surface area (Å²) in [4.78, 5) is 14.3. The van der Waals surface area contributed by atoms with Crippen LogP contribution < -0.4 is 0 Å². The molecule has 2 aromatic rings. The second-order valence-corrected chi connectivity index (χ2v) is 4.82. The molecule has 1 unspecified atom stereocenters. The minimum atomic E-state index is -0.446. The third-order valence-electron chi connectivity index (χ3n) is 3.67. The summed E-state index contributed by atoms with van der Waals surface area (Å²) in [6.45, 7) is 1.70. The van der Waals surface area contributed by atoms with Crippen molar-refractivity contribution in [1.29, 1.82) is 0 Å². The fraction of sp³-hybridized carbons (Fsp3) is 0.125. The number of rotatable bonds is 2. The van der Waals surface area contributed by atoms with Gasteiger partial charge in [0.05, 0.1) is 5.92 Å². The van der Waals surface area contributed by atoms with Crippen molar-refractivity contribution in [3.05, 3.63) is 47.2 Å². The Bertz CT molecular complexity index is 775. The highest BCUT2D eigenvalue weighted by atomic mass is 16.3. The molecule has 2 aromatic carbocycles. The maximum atomic E-state index is 10.6. The van der Waals surface area contributed by atoms with E-state index in [1.165, 1.54) is 0 Å². The van der Waals surface area contributed by atoms with Crippen LogP contribution in [0.15, 0.2) is 41.1 Å².